The van der Waals surface area contributed by atoms with Crippen LogP contribution in [0.3, 0.4) is 0 Å². The summed E-state index contributed by atoms with van der Waals surface area (Å²) in [5.74, 6) is 0.380. The Hall–Kier alpha value is -0.860. The molecule has 0 aromatic carbocycles. The number of aliphatic hydroxyl groups excluding tert-OH is 2. The van der Waals surface area contributed by atoms with Crippen molar-refractivity contribution in [1.82, 2.24) is 0 Å². The quantitative estimate of drug-likeness (QED) is 0.449. The maximum absolute atomic E-state index is 13.4. The zero-order chi connectivity index (χ0) is 22.3. The second kappa shape index (κ2) is 8.58. The average molecular weight is 425 g/mol. The van der Waals surface area contributed by atoms with Crippen LogP contribution in [0, 0.1) is 34.5 Å². The highest BCUT2D eigenvalue weighted by molar-refractivity contribution is 5.92. The highest BCUT2D eigenvalue weighted by atomic mass is 16.3. The van der Waals surface area contributed by atoms with Crippen LogP contribution in [0.1, 0.15) is 65.2 Å². The Morgan fingerprint density at radius 3 is 2.37 bits per heavy atom. The topological polar surface area (TPSA) is 147 Å². The van der Waals surface area contributed by atoms with Crippen molar-refractivity contribution in [3.8, 4) is 0 Å². The fourth-order valence-corrected chi connectivity index (χ4v) is 7.64. The van der Waals surface area contributed by atoms with Crippen molar-refractivity contribution in [1.29, 1.82) is 0 Å². The second-order valence-electron chi connectivity index (χ2n) is 10.6. The van der Waals surface area contributed by atoms with Gasteiger partial charge in [-0.3, -0.25) is 9.59 Å². The van der Waals surface area contributed by atoms with Gasteiger partial charge in [0.1, 0.15) is 18.0 Å². The first-order valence-corrected chi connectivity index (χ1v) is 11.6. The van der Waals surface area contributed by atoms with E-state index in [0.717, 1.165) is 38.5 Å². The van der Waals surface area contributed by atoms with Gasteiger partial charge in [-0.15, -0.1) is 0 Å². The van der Waals surface area contributed by atoms with Crippen molar-refractivity contribution in [3.63, 3.8) is 0 Å². The van der Waals surface area contributed by atoms with Gasteiger partial charge in [0, 0.05) is 30.8 Å². The summed E-state index contributed by atoms with van der Waals surface area (Å²) in [6.45, 7) is 4.66. The highest BCUT2D eigenvalue weighted by Crippen LogP contribution is 2.67. The first kappa shape index (κ1) is 23.8. The standard InChI is InChI=1S/C21H32O5.C2H8N2/c1-19-7-5-13(23)9-12(19)3-4-14-15-6-8-21(26,17(25)11-22)20(15,2)10-16(24)18(14)19;3-1-2-4/h12-15,18,22-23,26H,3-11H2,1-2H3;1-4H2/t12-,13-,14+,15+,18-,19+,20+,21+;/m1./s1. The van der Waals surface area contributed by atoms with E-state index in [4.69, 9.17) is 11.5 Å². The fourth-order valence-electron chi connectivity index (χ4n) is 7.64. The Kier molecular flexibility index (Phi) is 6.81. The summed E-state index contributed by atoms with van der Waals surface area (Å²) in [5, 5.41) is 30.6. The number of nitrogens with two attached hydrogens (primary N) is 2. The minimum absolute atomic E-state index is 0.0154. The molecule has 0 saturated heterocycles. The van der Waals surface area contributed by atoms with Crippen LogP contribution in [0.4, 0.5) is 0 Å². The number of hydrogen-bond acceptors (Lipinski definition) is 7. The molecule has 8 atom stereocenters. The predicted molar refractivity (Wildman–Crippen MR) is 113 cm³/mol. The summed E-state index contributed by atoms with van der Waals surface area (Å²) in [7, 11) is 0. The normalized spacial score (nSPS) is 47.4. The van der Waals surface area contributed by atoms with Crippen molar-refractivity contribution in [3.05, 3.63) is 0 Å². The summed E-state index contributed by atoms with van der Waals surface area (Å²) in [4.78, 5) is 25.7. The molecule has 172 valence electrons. The van der Waals surface area contributed by atoms with Crippen LogP contribution in [-0.4, -0.2) is 58.3 Å². The van der Waals surface area contributed by atoms with Crippen LogP contribution in [-0.2, 0) is 9.59 Å². The average Bonchev–Trinajstić information content (AvgIpc) is 2.99. The molecular formula is C23H40N2O5. The first-order chi connectivity index (χ1) is 14.1. The Morgan fingerprint density at radius 1 is 1.10 bits per heavy atom. The van der Waals surface area contributed by atoms with Crippen LogP contribution < -0.4 is 11.5 Å². The lowest BCUT2D eigenvalue weighted by molar-refractivity contribution is -0.180. The lowest BCUT2D eigenvalue weighted by Crippen LogP contribution is -2.62. The number of aliphatic hydroxyl groups is 3. The molecule has 7 heteroatoms. The molecule has 4 aliphatic rings. The molecule has 30 heavy (non-hydrogen) atoms. The van der Waals surface area contributed by atoms with Gasteiger partial charge >= 0.3 is 0 Å². The van der Waals surface area contributed by atoms with E-state index in [9.17, 15) is 24.9 Å². The van der Waals surface area contributed by atoms with E-state index in [1.165, 1.54) is 0 Å². The van der Waals surface area contributed by atoms with E-state index in [-0.39, 0.29) is 41.5 Å². The third-order valence-corrected chi connectivity index (χ3v) is 9.25. The fraction of sp³-hybridized carbons (Fsp3) is 0.913. The summed E-state index contributed by atoms with van der Waals surface area (Å²) >= 11 is 0. The predicted octanol–water partition coefficient (Wildman–Crippen LogP) is 0.765. The monoisotopic (exact) mass is 424 g/mol. The smallest absolute Gasteiger partial charge is 0.190 e. The number of ketones is 2. The van der Waals surface area contributed by atoms with Gasteiger partial charge in [-0.2, -0.15) is 0 Å². The Morgan fingerprint density at radius 2 is 1.77 bits per heavy atom. The third kappa shape index (κ3) is 3.47. The molecule has 0 bridgehead atoms. The number of carbonyl (C=O) groups excluding carboxylic acids is 2. The Labute approximate surface area is 179 Å². The number of fused-ring (bicyclic) bond motifs is 5. The molecule has 0 amide bonds. The van der Waals surface area contributed by atoms with E-state index in [0.29, 0.717) is 25.4 Å². The van der Waals surface area contributed by atoms with E-state index in [2.05, 4.69) is 6.92 Å². The van der Waals surface area contributed by atoms with Gasteiger partial charge in [0.25, 0.3) is 0 Å². The second-order valence-corrected chi connectivity index (χ2v) is 10.6. The van der Waals surface area contributed by atoms with Gasteiger partial charge in [0.2, 0.25) is 0 Å². The maximum atomic E-state index is 13.4. The Balaban J connectivity index is 0.000000589. The Bertz CT molecular complexity index is 670. The molecule has 4 saturated carbocycles. The van der Waals surface area contributed by atoms with Gasteiger partial charge in [-0.25, -0.2) is 0 Å². The van der Waals surface area contributed by atoms with Gasteiger partial charge in [0.15, 0.2) is 5.78 Å². The molecule has 0 aliphatic heterocycles. The summed E-state index contributed by atoms with van der Waals surface area (Å²) in [5.41, 5.74) is 7.40. The van der Waals surface area contributed by atoms with Crippen LogP contribution in [0.15, 0.2) is 0 Å². The molecule has 0 spiro atoms. The van der Waals surface area contributed by atoms with Crippen molar-refractivity contribution >= 4 is 11.6 Å². The minimum Gasteiger partial charge on any atom is -0.393 e. The lowest BCUT2D eigenvalue weighted by atomic mass is 9.44. The van der Waals surface area contributed by atoms with Gasteiger partial charge in [0.05, 0.1) is 6.10 Å². The molecule has 4 rings (SSSR count). The van der Waals surface area contributed by atoms with Gasteiger partial charge in [-0.1, -0.05) is 13.8 Å². The zero-order valence-corrected chi connectivity index (χ0v) is 18.5. The molecule has 7 N–H and O–H groups in total. The molecule has 4 fully saturated rings. The van der Waals surface area contributed by atoms with Crippen molar-refractivity contribution < 1.29 is 24.9 Å². The third-order valence-electron chi connectivity index (χ3n) is 9.25. The zero-order valence-electron chi connectivity index (χ0n) is 18.5. The summed E-state index contributed by atoms with van der Waals surface area (Å²) in [6.07, 6.45) is 5.47. The van der Waals surface area contributed by atoms with Crippen LogP contribution in [0.2, 0.25) is 0 Å². The molecular weight excluding hydrogens is 384 g/mol. The van der Waals surface area contributed by atoms with Gasteiger partial charge in [-0.05, 0) is 68.1 Å². The van der Waals surface area contributed by atoms with E-state index in [1.54, 1.807) is 0 Å². The van der Waals surface area contributed by atoms with Gasteiger partial charge < -0.3 is 26.8 Å². The molecule has 7 nitrogen and oxygen atoms in total. The molecule has 0 radical (unpaired) electrons. The summed E-state index contributed by atoms with van der Waals surface area (Å²) < 4.78 is 0. The highest BCUT2D eigenvalue weighted by Gasteiger charge is 2.68. The SMILES string of the molecule is C[C@]12CC[C@@H](O)C[C@H]1CC[C@@H]1[C@@H]2C(=O)C[C@@]2(C)[C@H]1CC[C@]2(O)C(=O)CO.NCCN. The number of rotatable bonds is 3. The summed E-state index contributed by atoms with van der Waals surface area (Å²) in [6, 6.07) is 0. The largest absolute Gasteiger partial charge is 0.393 e. The van der Waals surface area contributed by atoms with E-state index < -0.39 is 23.4 Å². The molecule has 4 aliphatic carbocycles. The molecule has 0 aromatic rings. The number of hydrogen-bond donors (Lipinski definition) is 5. The molecule has 0 aromatic heterocycles. The number of Topliss-reactive ketones (excluding diaryl/α,β-unsaturated/α-hetero) is 2. The van der Waals surface area contributed by atoms with Crippen molar-refractivity contribution in [2.24, 2.45) is 46.0 Å². The molecule has 0 heterocycles. The first-order valence-electron chi connectivity index (χ1n) is 11.6. The maximum Gasteiger partial charge on any atom is 0.190 e. The number of carbonyl (C=O) groups is 2. The minimum atomic E-state index is -1.58. The van der Waals surface area contributed by atoms with Crippen molar-refractivity contribution in [2.75, 3.05) is 19.7 Å². The van der Waals surface area contributed by atoms with Crippen LogP contribution >= 0.6 is 0 Å². The lowest BCUT2D eigenvalue weighted by Gasteiger charge is -2.60. The van der Waals surface area contributed by atoms with E-state index >= 15 is 0 Å². The molecule has 0 unspecified atom stereocenters. The van der Waals surface area contributed by atoms with E-state index in [1.807, 2.05) is 6.92 Å². The van der Waals surface area contributed by atoms with Crippen molar-refractivity contribution in [2.45, 2.75) is 76.9 Å². The van der Waals surface area contributed by atoms with Crippen LogP contribution in [0.25, 0.3) is 0 Å². The van der Waals surface area contributed by atoms with Crippen LogP contribution in [0.5, 0.6) is 0 Å².